The zero-order chi connectivity index (χ0) is 17.1. The number of carbonyl (C=O) groups is 1. The number of aromatic nitrogens is 1. The molecule has 0 radical (unpaired) electrons. The van der Waals surface area contributed by atoms with Crippen molar-refractivity contribution < 1.29 is 9.53 Å². The van der Waals surface area contributed by atoms with Crippen molar-refractivity contribution in [3.05, 3.63) is 50.9 Å². The number of thiocarbonyl (C=S) groups is 1. The van der Waals surface area contributed by atoms with Gasteiger partial charge in [-0.05, 0) is 53.3 Å². The average Bonchev–Trinajstić information content (AvgIpc) is 3.13. The molecule has 1 N–H and O–H groups in total. The first-order valence-electron chi connectivity index (χ1n) is 7.47. The van der Waals surface area contributed by atoms with Crippen LogP contribution in [0, 0.1) is 0 Å². The van der Waals surface area contributed by atoms with Crippen LogP contribution in [-0.4, -0.2) is 34.1 Å². The second-order valence-electron chi connectivity index (χ2n) is 5.23. The van der Waals surface area contributed by atoms with Crippen LogP contribution in [-0.2, 0) is 9.53 Å². The molecule has 1 aliphatic rings. The predicted molar refractivity (Wildman–Crippen MR) is 101 cm³/mol. The van der Waals surface area contributed by atoms with Crippen LogP contribution in [0.15, 0.2) is 40.3 Å². The van der Waals surface area contributed by atoms with E-state index >= 15 is 0 Å². The van der Waals surface area contributed by atoms with Gasteiger partial charge in [-0.25, -0.2) is 0 Å². The van der Waals surface area contributed by atoms with E-state index in [1.54, 1.807) is 24.5 Å². The quantitative estimate of drug-likeness (QED) is 0.584. The zero-order valence-corrected chi connectivity index (χ0v) is 16.2. The summed E-state index contributed by atoms with van der Waals surface area (Å²) in [5.74, 6) is -0.288. The van der Waals surface area contributed by atoms with Gasteiger partial charge in [0.15, 0.2) is 5.11 Å². The number of ether oxygens (including phenoxy) is 1. The summed E-state index contributed by atoms with van der Waals surface area (Å²) in [5, 5.41) is 5.86. The van der Waals surface area contributed by atoms with E-state index in [9.17, 15) is 4.79 Å². The first kappa shape index (κ1) is 17.3. The number of halogens is 1. The van der Waals surface area contributed by atoms with E-state index in [0.29, 0.717) is 11.7 Å². The summed E-state index contributed by atoms with van der Waals surface area (Å²) in [7, 11) is 0. The second kappa shape index (κ2) is 7.58. The number of hydrogen-bond donors (Lipinski definition) is 1. The summed E-state index contributed by atoms with van der Waals surface area (Å²) in [6, 6.07) is 7.63. The van der Waals surface area contributed by atoms with Crippen molar-refractivity contribution in [2.75, 3.05) is 13.2 Å². The number of carbonyl (C=O) groups excluding carboxylic acids is 1. The van der Waals surface area contributed by atoms with Crippen LogP contribution in [0.5, 0.6) is 0 Å². The zero-order valence-electron chi connectivity index (χ0n) is 12.9. The van der Waals surface area contributed by atoms with Crippen LogP contribution in [0.25, 0.3) is 0 Å². The summed E-state index contributed by atoms with van der Waals surface area (Å²) in [5.41, 5.74) is 0.890. The standard InChI is InChI=1S/C16H16BrN3O2S2/c1-2-22-13(21)8-20-15(12-7-10(17)9-24-12)14(19-16(20)23)11-5-3-4-6-18-11/h3-7,9,14-15H,2,8H2,1H3,(H,19,23)/t14-,15+/m1/s1. The van der Waals surface area contributed by atoms with Gasteiger partial charge in [-0.3, -0.25) is 9.78 Å². The third kappa shape index (κ3) is 3.60. The third-order valence-electron chi connectivity index (χ3n) is 3.68. The molecule has 0 amide bonds. The number of pyridine rings is 1. The molecular formula is C16H16BrN3O2S2. The fraction of sp³-hybridized carbons (Fsp3) is 0.312. The molecule has 2 aromatic heterocycles. The molecule has 0 aliphatic carbocycles. The Balaban J connectivity index is 1.95. The Hall–Kier alpha value is -1.51. The van der Waals surface area contributed by atoms with Gasteiger partial charge in [-0.15, -0.1) is 11.3 Å². The first-order valence-corrected chi connectivity index (χ1v) is 9.56. The van der Waals surface area contributed by atoms with Crippen molar-refractivity contribution in [1.82, 2.24) is 15.2 Å². The van der Waals surface area contributed by atoms with Gasteiger partial charge in [-0.1, -0.05) is 6.07 Å². The van der Waals surface area contributed by atoms with E-state index in [1.807, 2.05) is 28.5 Å². The van der Waals surface area contributed by atoms with Gasteiger partial charge in [0.2, 0.25) is 0 Å². The molecule has 24 heavy (non-hydrogen) atoms. The molecular weight excluding hydrogens is 410 g/mol. The fourth-order valence-corrected chi connectivity index (χ4v) is 4.61. The Kier molecular flexibility index (Phi) is 5.47. The Labute approximate surface area is 158 Å². The van der Waals surface area contributed by atoms with Crippen LogP contribution in [0.2, 0.25) is 0 Å². The molecule has 8 heteroatoms. The van der Waals surface area contributed by atoms with Gasteiger partial charge < -0.3 is 15.0 Å². The van der Waals surface area contributed by atoms with Crippen LogP contribution in [0.3, 0.4) is 0 Å². The molecule has 126 valence electrons. The van der Waals surface area contributed by atoms with Crippen LogP contribution < -0.4 is 5.32 Å². The van der Waals surface area contributed by atoms with E-state index in [-0.39, 0.29) is 24.6 Å². The number of nitrogens with zero attached hydrogens (tertiary/aromatic N) is 2. The summed E-state index contributed by atoms with van der Waals surface area (Å²) in [6.07, 6.45) is 1.76. The molecule has 0 spiro atoms. The minimum absolute atomic E-state index is 0.104. The maximum absolute atomic E-state index is 12.0. The van der Waals surface area contributed by atoms with E-state index in [2.05, 4.69) is 32.3 Å². The van der Waals surface area contributed by atoms with Crippen molar-refractivity contribution in [2.24, 2.45) is 0 Å². The summed E-state index contributed by atoms with van der Waals surface area (Å²) >= 11 is 10.6. The molecule has 3 rings (SSSR count). The lowest BCUT2D eigenvalue weighted by molar-refractivity contribution is -0.143. The lowest BCUT2D eigenvalue weighted by atomic mass is 10.0. The topological polar surface area (TPSA) is 54.5 Å². The lowest BCUT2D eigenvalue weighted by Crippen LogP contribution is -2.35. The van der Waals surface area contributed by atoms with Crippen molar-refractivity contribution in [3.63, 3.8) is 0 Å². The van der Waals surface area contributed by atoms with Gasteiger partial charge in [0.25, 0.3) is 0 Å². The van der Waals surface area contributed by atoms with Gasteiger partial charge in [0, 0.05) is 20.9 Å². The molecule has 1 fully saturated rings. The summed E-state index contributed by atoms with van der Waals surface area (Å²) < 4.78 is 6.10. The molecule has 0 unspecified atom stereocenters. The minimum atomic E-state index is -0.288. The molecule has 1 saturated heterocycles. The highest BCUT2D eigenvalue weighted by Gasteiger charge is 2.41. The normalized spacial score (nSPS) is 20.1. The minimum Gasteiger partial charge on any atom is -0.465 e. The SMILES string of the molecule is CCOC(=O)CN1C(=S)N[C@H](c2ccccn2)[C@@H]1c1cc(Br)cs1. The van der Waals surface area contributed by atoms with Crippen molar-refractivity contribution in [3.8, 4) is 0 Å². The van der Waals surface area contributed by atoms with Crippen molar-refractivity contribution >= 4 is 50.6 Å². The number of thiophene rings is 1. The number of hydrogen-bond acceptors (Lipinski definition) is 5. The number of esters is 1. The largest absolute Gasteiger partial charge is 0.465 e. The molecule has 2 atom stereocenters. The van der Waals surface area contributed by atoms with Crippen molar-refractivity contribution in [1.29, 1.82) is 0 Å². The lowest BCUT2D eigenvalue weighted by Gasteiger charge is -2.25. The maximum Gasteiger partial charge on any atom is 0.325 e. The highest BCUT2D eigenvalue weighted by molar-refractivity contribution is 9.10. The smallest absolute Gasteiger partial charge is 0.325 e. The highest BCUT2D eigenvalue weighted by atomic mass is 79.9. The van der Waals surface area contributed by atoms with Crippen LogP contribution in [0.4, 0.5) is 0 Å². The third-order valence-corrected chi connectivity index (χ3v) is 5.80. The van der Waals surface area contributed by atoms with Gasteiger partial charge in [0.1, 0.15) is 6.54 Å². The first-order chi connectivity index (χ1) is 11.6. The molecule has 3 heterocycles. The monoisotopic (exact) mass is 425 g/mol. The average molecular weight is 426 g/mol. The second-order valence-corrected chi connectivity index (χ2v) is 7.47. The molecule has 5 nitrogen and oxygen atoms in total. The van der Waals surface area contributed by atoms with E-state index in [1.165, 1.54) is 0 Å². The van der Waals surface area contributed by atoms with Gasteiger partial charge in [0.05, 0.1) is 24.4 Å². The van der Waals surface area contributed by atoms with Gasteiger partial charge in [-0.2, -0.15) is 0 Å². The van der Waals surface area contributed by atoms with E-state index in [4.69, 9.17) is 17.0 Å². The van der Waals surface area contributed by atoms with Crippen molar-refractivity contribution in [2.45, 2.75) is 19.0 Å². The molecule has 0 aromatic carbocycles. The summed E-state index contributed by atoms with van der Waals surface area (Å²) in [6.45, 7) is 2.26. The maximum atomic E-state index is 12.0. The van der Waals surface area contributed by atoms with Gasteiger partial charge >= 0.3 is 5.97 Å². The molecule has 0 bridgehead atoms. The predicted octanol–water partition coefficient (Wildman–Crippen LogP) is 3.44. The number of rotatable bonds is 5. The number of nitrogens with one attached hydrogen (secondary N) is 1. The Bertz CT molecular complexity index is 738. The van der Waals surface area contributed by atoms with Crippen LogP contribution in [0.1, 0.15) is 29.6 Å². The molecule has 0 saturated carbocycles. The Morgan fingerprint density at radius 3 is 3.00 bits per heavy atom. The Morgan fingerprint density at radius 2 is 2.38 bits per heavy atom. The fourth-order valence-electron chi connectivity index (χ4n) is 2.71. The molecule has 1 aliphatic heterocycles. The molecule has 2 aromatic rings. The highest BCUT2D eigenvalue weighted by Crippen LogP contribution is 2.41. The van der Waals surface area contributed by atoms with E-state index in [0.717, 1.165) is 15.0 Å². The summed E-state index contributed by atoms with van der Waals surface area (Å²) in [4.78, 5) is 19.4. The van der Waals surface area contributed by atoms with E-state index < -0.39 is 0 Å². The Morgan fingerprint density at radius 1 is 1.54 bits per heavy atom. The van der Waals surface area contributed by atoms with Crippen LogP contribution >= 0.6 is 39.5 Å².